The summed E-state index contributed by atoms with van der Waals surface area (Å²) < 4.78 is 35.4. The Bertz CT molecular complexity index is 547. The molecule has 0 saturated carbocycles. The van der Waals surface area contributed by atoms with E-state index in [4.69, 9.17) is 28.4 Å². The van der Waals surface area contributed by atoms with Gasteiger partial charge in [0, 0.05) is 12.7 Å². The molecule has 0 amide bonds. The quantitative estimate of drug-likeness (QED) is 0.830. The van der Waals surface area contributed by atoms with Crippen LogP contribution >= 0.6 is 0 Å². The van der Waals surface area contributed by atoms with Gasteiger partial charge in [-0.05, 0) is 13.8 Å². The van der Waals surface area contributed by atoms with Crippen molar-refractivity contribution < 1.29 is 28.4 Å². The lowest BCUT2D eigenvalue weighted by Crippen LogP contribution is -2.61. The highest BCUT2D eigenvalue weighted by Crippen LogP contribution is 2.42. The van der Waals surface area contributed by atoms with E-state index < -0.39 is 18.4 Å². The van der Waals surface area contributed by atoms with E-state index in [2.05, 4.69) is 0 Å². The van der Waals surface area contributed by atoms with Crippen molar-refractivity contribution in [2.75, 3.05) is 13.7 Å². The topological polar surface area (TPSA) is 55.4 Å². The Morgan fingerprint density at radius 1 is 1.00 bits per heavy atom. The van der Waals surface area contributed by atoms with Crippen molar-refractivity contribution >= 4 is 0 Å². The van der Waals surface area contributed by atoms with Crippen molar-refractivity contribution in [1.29, 1.82) is 0 Å². The maximum absolute atomic E-state index is 6.17. The molecule has 0 spiro atoms. The van der Waals surface area contributed by atoms with Crippen molar-refractivity contribution in [1.82, 2.24) is 0 Å². The zero-order valence-corrected chi connectivity index (χ0v) is 13.5. The molecule has 3 heterocycles. The summed E-state index contributed by atoms with van der Waals surface area (Å²) in [5.41, 5.74) is 0.981. The number of rotatable bonds is 2. The Kier molecular flexibility index (Phi) is 3.91. The third-order valence-electron chi connectivity index (χ3n) is 4.43. The van der Waals surface area contributed by atoms with E-state index in [0.29, 0.717) is 6.61 Å². The summed E-state index contributed by atoms with van der Waals surface area (Å²) in [7, 11) is 1.61. The van der Waals surface area contributed by atoms with Gasteiger partial charge in [0.25, 0.3) is 0 Å². The number of benzene rings is 1. The van der Waals surface area contributed by atoms with E-state index in [1.165, 1.54) is 0 Å². The summed E-state index contributed by atoms with van der Waals surface area (Å²) in [4.78, 5) is 0. The van der Waals surface area contributed by atoms with E-state index >= 15 is 0 Å². The van der Waals surface area contributed by atoms with Gasteiger partial charge in [-0.25, -0.2) is 0 Å². The number of ether oxygens (including phenoxy) is 6. The average Bonchev–Trinajstić information content (AvgIpc) is 2.90. The predicted molar refractivity (Wildman–Crippen MR) is 79.5 cm³/mol. The van der Waals surface area contributed by atoms with Crippen LogP contribution in [0.25, 0.3) is 0 Å². The van der Waals surface area contributed by atoms with Crippen LogP contribution in [-0.4, -0.2) is 50.2 Å². The van der Waals surface area contributed by atoms with Crippen LogP contribution in [0, 0.1) is 0 Å². The van der Waals surface area contributed by atoms with Crippen LogP contribution in [-0.2, 0) is 28.4 Å². The summed E-state index contributed by atoms with van der Waals surface area (Å²) in [5, 5.41) is 0. The molecule has 3 aliphatic heterocycles. The van der Waals surface area contributed by atoms with Crippen molar-refractivity contribution in [3.8, 4) is 0 Å². The third kappa shape index (κ3) is 2.80. The number of hydrogen-bond donors (Lipinski definition) is 0. The monoisotopic (exact) mass is 322 g/mol. The van der Waals surface area contributed by atoms with Crippen LogP contribution < -0.4 is 0 Å². The molecule has 6 atom stereocenters. The smallest absolute Gasteiger partial charge is 0.186 e. The van der Waals surface area contributed by atoms with Crippen LogP contribution in [0.2, 0.25) is 0 Å². The van der Waals surface area contributed by atoms with Crippen molar-refractivity contribution in [2.45, 2.75) is 56.6 Å². The summed E-state index contributed by atoms with van der Waals surface area (Å²) in [6.45, 7) is 4.21. The molecule has 0 bridgehead atoms. The van der Waals surface area contributed by atoms with E-state index in [-0.39, 0.29) is 24.4 Å². The summed E-state index contributed by atoms with van der Waals surface area (Å²) in [6.07, 6.45) is -1.96. The molecule has 1 aromatic carbocycles. The maximum atomic E-state index is 6.17. The molecule has 6 nitrogen and oxygen atoms in total. The molecule has 1 unspecified atom stereocenters. The Hall–Kier alpha value is -1.02. The van der Waals surface area contributed by atoms with Crippen LogP contribution in [0.3, 0.4) is 0 Å². The Balaban J connectivity index is 1.57. The van der Waals surface area contributed by atoms with E-state index in [0.717, 1.165) is 5.56 Å². The minimum atomic E-state index is -0.686. The Morgan fingerprint density at radius 2 is 1.74 bits per heavy atom. The van der Waals surface area contributed by atoms with Gasteiger partial charge in [-0.2, -0.15) is 0 Å². The molecule has 1 aromatic rings. The highest BCUT2D eigenvalue weighted by atomic mass is 16.8. The van der Waals surface area contributed by atoms with Gasteiger partial charge in [0.1, 0.15) is 24.4 Å². The highest BCUT2D eigenvalue weighted by Gasteiger charge is 2.57. The van der Waals surface area contributed by atoms with E-state index in [1.54, 1.807) is 7.11 Å². The fourth-order valence-corrected chi connectivity index (χ4v) is 3.46. The minimum Gasteiger partial charge on any atom is -0.353 e. The number of methoxy groups -OCH3 is 1. The zero-order valence-electron chi connectivity index (χ0n) is 13.5. The zero-order chi connectivity index (χ0) is 16.0. The second-order valence-electron chi connectivity index (χ2n) is 6.52. The number of hydrogen-bond acceptors (Lipinski definition) is 6. The first kappa shape index (κ1) is 15.5. The lowest BCUT2D eigenvalue weighted by molar-refractivity contribution is -0.343. The molecule has 0 aliphatic carbocycles. The van der Waals surface area contributed by atoms with Crippen molar-refractivity contribution in [3.05, 3.63) is 35.9 Å². The van der Waals surface area contributed by atoms with Gasteiger partial charge < -0.3 is 28.4 Å². The molecule has 126 valence electrons. The summed E-state index contributed by atoms with van der Waals surface area (Å²) >= 11 is 0. The van der Waals surface area contributed by atoms with Gasteiger partial charge in [0.2, 0.25) is 0 Å². The normalized spacial score (nSPS) is 42.0. The van der Waals surface area contributed by atoms with Gasteiger partial charge in [-0.15, -0.1) is 0 Å². The summed E-state index contributed by atoms with van der Waals surface area (Å²) in [5.74, 6) is -0.686. The van der Waals surface area contributed by atoms with E-state index in [9.17, 15) is 0 Å². The number of fused-ring (bicyclic) bond motifs is 3. The van der Waals surface area contributed by atoms with Crippen LogP contribution in [0.1, 0.15) is 25.7 Å². The molecule has 0 N–H and O–H groups in total. The first-order valence-electron chi connectivity index (χ1n) is 7.93. The fraction of sp³-hybridized carbons (Fsp3) is 0.647. The van der Waals surface area contributed by atoms with E-state index in [1.807, 2.05) is 44.2 Å². The fourth-order valence-electron chi connectivity index (χ4n) is 3.46. The predicted octanol–water partition coefficient (Wildman–Crippen LogP) is 1.99. The maximum Gasteiger partial charge on any atom is 0.186 e. The van der Waals surface area contributed by atoms with Gasteiger partial charge in [-0.1, -0.05) is 30.3 Å². The van der Waals surface area contributed by atoms with Gasteiger partial charge in [0.15, 0.2) is 18.4 Å². The second-order valence-corrected chi connectivity index (χ2v) is 6.52. The highest BCUT2D eigenvalue weighted by molar-refractivity contribution is 5.16. The van der Waals surface area contributed by atoms with Crippen molar-refractivity contribution in [2.24, 2.45) is 0 Å². The molecule has 0 radical (unpaired) electrons. The molecule has 23 heavy (non-hydrogen) atoms. The van der Waals surface area contributed by atoms with Gasteiger partial charge in [-0.3, -0.25) is 0 Å². The summed E-state index contributed by atoms with van der Waals surface area (Å²) in [6, 6.07) is 9.87. The molecular weight excluding hydrogens is 300 g/mol. The second kappa shape index (κ2) is 5.81. The molecule has 0 aromatic heterocycles. The Labute approximate surface area is 135 Å². The minimum absolute atomic E-state index is 0.237. The molecule has 3 aliphatic rings. The molecule has 6 heteroatoms. The van der Waals surface area contributed by atoms with Gasteiger partial charge in [0.05, 0.1) is 6.61 Å². The van der Waals surface area contributed by atoms with Gasteiger partial charge >= 0.3 is 0 Å². The van der Waals surface area contributed by atoms with Crippen molar-refractivity contribution in [3.63, 3.8) is 0 Å². The van der Waals surface area contributed by atoms with Crippen LogP contribution in [0.5, 0.6) is 0 Å². The lowest BCUT2D eigenvalue weighted by Gasteiger charge is -2.45. The SMILES string of the molecule is CO[C@H]1O[C@@H]2COC(c3ccccc3)O[C@H]2[C@@H]2OC(C)(C)O[C@H]12. The Morgan fingerprint density at radius 3 is 2.48 bits per heavy atom. The largest absolute Gasteiger partial charge is 0.353 e. The average molecular weight is 322 g/mol. The van der Waals surface area contributed by atoms with Crippen LogP contribution in [0.15, 0.2) is 30.3 Å². The third-order valence-corrected chi connectivity index (χ3v) is 4.43. The lowest BCUT2D eigenvalue weighted by atomic mass is 9.98. The molecule has 3 fully saturated rings. The molecule has 4 rings (SSSR count). The standard InChI is InChI=1S/C17H22O6/c1-17(2)22-13-12-11(20-16(18-3)14(13)23-17)9-19-15(21-12)10-7-5-4-6-8-10/h4-8,11-16H,9H2,1-3H3/t11-,12-,13+,14+,15?,16+/m1/s1. The molecule has 3 saturated heterocycles. The molecular formula is C17H22O6. The first-order valence-corrected chi connectivity index (χ1v) is 7.93. The first-order chi connectivity index (χ1) is 11.1. The van der Waals surface area contributed by atoms with Crippen LogP contribution in [0.4, 0.5) is 0 Å².